The Bertz CT molecular complexity index is 1450. The van der Waals surface area contributed by atoms with Crippen LogP contribution in [0.3, 0.4) is 0 Å². The smallest absolute Gasteiger partial charge is 0.326 e. The largest absolute Gasteiger partial charge is 0.332 e. The zero-order chi connectivity index (χ0) is 25.7. The summed E-state index contributed by atoms with van der Waals surface area (Å²) in [5.74, 6) is -0.913. The maximum atomic E-state index is 12.7. The second-order valence-electron chi connectivity index (χ2n) is 8.09. The van der Waals surface area contributed by atoms with Gasteiger partial charge in [0.25, 0.3) is 5.56 Å². The van der Waals surface area contributed by atoms with Crippen LogP contribution < -0.4 is 21.9 Å². The van der Waals surface area contributed by atoms with Gasteiger partial charge in [0.15, 0.2) is 0 Å². The second-order valence-corrected chi connectivity index (χ2v) is 8.49. The van der Waals surface area contributed by atoms with Gasteiger partial charge in [0.05, 0.1) is 27.9 Å². The van der Waals surface area contributed by atoms with Crippen molar-refractivity contribution in [3.05, 3.63) is 61.9 Å². The van der Waals surface area contributed by atoms with Gasteiger partial charge in [-0.15, -0.1) is 0 Å². The average Bonchev–Trinajstić information content (AvgIpc) is 2.80. The maximum absolute atomic E-state index is 12.7. The van der Waals surface area contributed by atoms with Gasteiger partial charge in [0.2, 0.25) is 11.8 Å². The van der Waals surface area contributed by atoms with Crippen LogP contribution in [0.1, 0.15) is 39.2 Å². The standard InChI is InChI=1S/C24H25ClN6O4/c1-4-30-22-18(23(34)31(5-2)24(30)35)10-17(13-27-22)29-21(33)9-14(3)8-20(32)28-16-7-6-15(12-26)19(25)11-16/h6-7,10-11,13-14H,4-5,8-9H2,1-3H3,(H,28,32)(H,29,33). The summed E-state index contributed by atoms with van der Waals surface area (Å²) in [5.41, 5.74) is 0.470. The predicted octanol–water partition coefficient (Wildman–Crippen LogP) is 3.12. The molecule has 182 valence electrons. The van der Waals surface area contributed by atoms with Crippen LogP contribution in [0.5, 0.6) is 0 Å². The number of aryl methyl sites for hydroxylation is 1. The van der Waals surface area contributed by atoms with Crippen molar-refractivity contribution in [3.8, 4) is 6.07 Å². The van der Waals surface area contributed by atoms with Gasteiger partial charge in [0.1, 0.15) is 11.7 Å². The normalized spacial score (nSPS) is 11.6. The molecule has 0 aliphatic carbocycles. The number of carbonyl (C=O) groups is 2. The molecule has 2 aromatic heterocycles. The molecule has 3 aromatic rings. The molecule has 0 saturated heterocycles. The van der Waals surface area contributed by atoms with Crippen LogP contribution in [0, 0.1) is 17.2 Å². The third kappa shape index (κ3) is 5.75. The molecule has 2 heterocycles. The van der Waals surface area contributed by atoms with E-state index in [0.29, 0.717) is 23.5 Å². The number of pyridine rings is 1. The number of rotatable bonds is 8. The summed E-state index contributed by atoms with van der Waals surface area (Å²) in [6.07, 6.45) is 1.55. The van der Waals surface area contributed by atoms with Gasteiger partial charge >= 0.3 is 5.69 Å². The Labute approximate surface area is 206 Å². The molecule has 10 nitrogen and oxygen atoms in total. The molecule has 2 N–H and O–H groups in total. The van der Waals surface area contributed by atoms with Crippen LogP contribution in [0.4, 0.5) is 11.4 Å². The first-order chi connectivity index (χ1) is 16.7. The molecule has 1 atom stereocenters. The van der Waals surface area contributed by atoms with E-state index in [0.717, 1.165) is 4.57 Å². The van der Waals surface area contributed by atoms with Gasteiger partial charge in [-0.05, 0) is 44.0 Å². The Hall–Kier alpha value is -3.97. The second kappa shape index (κ2) is 11.0. The van der Waals surface area contributed by atoms with Gasteiger partial charge in [-0.3, -0.25) is 23.5 Å². The van der Waals surface area contributed by atoms with Gasteiger partial charge in [-0.2, -0.15) is 5.26 Å². The van der Waals surface area contributed by atoms with Crippen molar-refractivity contribution in [2.75, 3.05) is 10.6 Å². The number of hydrogen-bond acceptors (Lipinski definition) is 6. The lowest BCUT2D eigenvalue weighted by molar-refractivity contribution is -0.118. The minimum absolute atomic E-state index is 0.0627. The molecule has 0 spiro atoms. The molecule has 2 amide bonds. The summed E-state index contributed by atoms with van der Waals surface area (Å²) in [5, 5.41) is 14.8. The van der Waals surface area contributed by atoms with Crippen molar-refractivity contribution in [2.24, 2.45) is 5.92 Å². The predicted molar refractivity (Wildman–Crippen MR) is 133 cm³/mol. The number of halogens is 1. The minimum Gasteiger partial charge on any atom is -0.326 e. The molecule has 0 radical (unpaired) electrons. The van der Waals surface area contributed by atoms with E-state index in [4.69, 9.17) is 16.9 Å². The quantitative estimate of drug-likeness (QED) is 0.491. The summed E-state index contributed by atoms with van der Waals surface area (Å²) < 4.78 is 2.54. The Morgan fingerprint density at radius 2 is 1.69 bits per heavy atom. The fourth-order valence-electron chi connectivity index (χ4n) is 3.74. The van der Waals surface area contributed by atoms with Crippen LogP contribution in [0.15, 0.2) is 40.1 Å². The van der Waals surface area contributed by atoms with Gasteiger partial charge in [-0.25, -0.2) is 9.78 Å². The van der Waals surface area contributed by atoms with Crippen molar-refractivity contribution in [3.63, 3.8) is 0 Å². The summed E-state index contributed by atoms with van der Waals surface area (Å²) in [4.78, 5) is 54.3. The molecule has 0 aliphatic heterocycles. The summed E-state index contributed by atoms with van der Waals surface area (Å²) in [6, 6.07) is 8.04. The van der Waals surface area contributed by atoms with E-state index >= 15 is 0 Å². The minimum atomic E-state index is -0.464. The third-order valence-electron chi connectivity index (χ3n) is 5.42. The molecule has 11 heteroatoms. The molecular weight excluding hydrogens is 472 g/mol. The van der Waals surface area contributed by atoms with Crippen LogP contribution in [-0.4, -0.2) is 25.9 Å². The lowest BCUT2D eigenvalue weighted by atomic mass is 10.0. The Balaban J connectivity index is 1.66. The number of aromatic nitrogens is 3. The van der Waals surface area contributed by atoms with E-state index in [1.165, 1.54) is 29.0 Å². The number of anilines is 2. The van der Waals surface area contributed by atoms with Crippen LogP contribution >= 0.6 is 11.6 Å². The van der Waals surface area contributed by atoms with Crippen molar-refractivity contribution in [1.82, 2.24) is 14.1 Å². The number of fused-ring (bicyclic) bond motifs is 1. The summed E-state index contributed by atoms with van der Waals surface area (Å²) in [6.45, 7) is 5.84. The molecule has 1 unspecified atom stereocenters. The number of nitrogens with one attached hydrogen (secondary N) is 2. The Morgan fingerprint density at radius 1 is 1.06 bits per heavy atom. The highest BCUT2D eigenvalue weighted by molar-refractivity contribution is 6.32. The van der Waals surface area contributed by atoms with E-state index in [-0.39, 0.29) is 53.2 Å². The summed E-state index contributed by atoms with van der Waals surface area (Å²) >= 11 is 5.98. The zero-order valence-corrected chi connectivity index (χ0v) is 20.3. The van der Waals surface area contributed by atoms with E-state index in [1.54, 1.807) is 26.8 Å². The average molecular weight is 497 g/mol. The van der Waals surface area contributed by atoms with E-state index in [9.17, 15) is 19.2 Å². The number of benzene rings is 1. The zero-order valence-electron chi connectivity index (χ0n) is 19.6. The Morgan fingerprint density at radius 3 is 2.26 bits per heavy atom. The molecule has 0 aliphatic rings. The third-order valence-corrected chi connectivity index (χ3v) is 5.73. The van der Waals surface area contributed by atoms with Crippen molar-refractivity contribution >= 4 is 45.8 Å². The van der Waals surface area contributed by atoms with Crippen molar-refractivity contribution in [1.29, 1.82) is 5.26 Å². The number of nitriles is 1. The van der Waals surface area contributed by atoms with Crippen LogP contribution in [0.25, 0.3) is 11.0 Å². The van der Waals surface area contributed by atoms with E-state index < -0.39 is 11.2 Å². The Kier molecular flexibility index (Phi) is 8.04. The molecular formula is C24H25ClN6O4. The molecule has 0 saturated carbocycles. The van der Waals surface area contributed by atoms with Gasteiger partial charge in [0, 0.05) is 31.6 Å². The highest BCUT2D eigenvalue weighted by atomic mass is 35.5. The lowest BCUT2D eigenvalue weighted by Gasteiger charge is -2.14. The van der Waals surface area contributed by atoms with Crippen molar-refractivity contribution in [2.45, 2.75) is 46.7 Å². The van der Waals surface area contributed by atoms with Gasteiger partial charge in [-0.1, -0.05) is 18.5 Å². The van der Waals surface area contributed by atoms with Gasteiger partial charge < -0.3 is 10.6 Å². The fraction of sp³-hybridized carbons (Fsp3) is 0.333. The topological polar surface area (TPSA) is 139 Å². The first-order valence-corrected chi connectivity index (χ1v) is 11.5. The number of amides is 2. The molecule has 1 aromatic carbocycles. The highest BCUT2D eigenvalue weighted by Crippen LogP contribution is 2.21. The van der Waals surface area contributed by atoms with Crippen molar-refractivity contribution < 1.29 is 9.59 Å². The number of nitrogens with zero attached hydrogens (tertiary/aromatic N) is 4. The van der Waals surface area contributed by atoms with E-state index in [1.807, 2.05) is 6.07 Å². The number of carbonyl (C=O) groups excluding carboxylic acids is 2. The maximum Gasteiger partial charge on any atom is 0.332 e. The molecule has 3 rings (SSSR count). The molecule has 0 bridgehead atoms. The van der Waals surface area contributed by atoms with E-state index in [2.05, 4.69) is 15.6 Å². The summed E-state index contributed by atoms with van der Waals surface area (Å²) in [7, 11) is 0. The molecule has 35 heavy (non-hydrogen) atoms. The van der Waals surface area contributed by atoms with Crippen LogP contribution in [-0.2, 0) is 22.7 Å². The highest BCUT2D eigenvalue weighted by Gasteiger charge is 2.17. The molecule has 0 fully saturated rings. The fourth-order valence-corrected chi connectivity index (χ4v) is 3.97. The first-order valence-electron chi connectivity index (χ1n) is 11.1. The lowest BCUT2D eigenvalue weighted by Crippen LogP contribution is -2.39. The SMILES string of the molecule is CCn1c(=O)c2cc(NC(=O)CC(C)CC(=O)Nc3ccc(C#N)c(Cl)c3)cnc2n(CC)c1=O. The monoisotopic (exact) mass is 496 g/mol. The number of hydrogen-bond donors (Lipinski definition) is 2. The first kappa shape index (κ1) is 25.6. The van der Waals surface area contributed by atoms with Crippen LogP contribution in [0.2, 0.25) is 5.02 Å².